The van der Waals surface area contributed by atoms with Crippen molar-refractivity contribution < 1.29 is 13.9 Å². The second kappa shape index (κ2) is 6.12. The molecule has 0 aliphatic rings. The maximum atomic E-state index is 13.8. The predicted molar refractivity (Wildman–Crippen MR) is 80.5 cm³/mol. The first-order valence-electron chi connectivity index (χ1n) is 7.03. The van der Waals surface area contributed by atoms with Crippen LogP contribution in [0.1, 0.15) is 34.2 Å². The summed E-state index contributed by atoms with van der Waals surface area (Å²) in [7, 11) is 0. The molecule has 4 heteroatoms. The molecule has 21 heavy (non-hydrogen) atoms. The standard InChI is InChI=1S/C17H20FNO2/c1-5-19-12(3)9-14(13(19)4)15(20)10-21-16-8-6-7-11(2)17(16)18/h6-9H,5,10H2,1-4H3. The average Bonchev–Trinajstić information content (AvgIpc) is 2.75. The van der Waals surface area contributed by atoms with E-state index in [1.807, 2.05) is 26.8 Å². The summed E-state index contributed by atoms with van der Waals surface area (Å²) in [5.74, 6) is -0.430. The van der Waals surface area contributed by atoms with Crippen molar-refractivity contribution in [1.82, 2.24) is 4.57 Å². The summed E-state index contributed by atoms with van der Waals surface area (Å²) in [4.78, 5) is 12.3. The van der Waals surface area contributed by atoms with E-state index in [0.717, 1.165) is 17.9 Å². The summed E-state index contributed by atoms with van der Waals surface area (Å²) >= 11 is 0. The molecule has 112 valence electrons. The molecule has 0 amide bonds. The zero-order valence-electron chi connectivity index (χ0n) is 12.9. The third-order valence-corrected chi connectivity index (χ3v) is 3.71. The topological polar surface area (TPSA) is 31.2 Å². The number of benzene rings is 1. The Balaban J connectivity index is 2.14. The Labute approximate surface area is 124 Å². The second-order valence-electron chi connectivity index (χ2n) is 5.13. The highest BCUT2D eigenvalue weighted by molar-refractivity contribution is 5.98. The summed E-state index contributed by atoms with van der Waals surface area (Å²) in [6, 6.07) is 6.77. The van der Waals surface area contributed by atoms with Crippen LogP contribution in [0.4, 0.5) is 4.39 Å². The molecule has 0 unspecified atom stereocenters. The first kappa shape index (κ1) is 15.3. The highest BCUT2D eigenvalue weighted by atomic mass is 19.1. The van der Waals surface area contributed by atoms with Gasteiger partial charge in [-0.25, -0.2) is 4.39 Å². The zero-order chi connectivity index (χ0) is 15.6. The minimum Gasteiger partial charge on any atom is -0.482 e. The van der Waals surface area contributed by atoms with Gasteiger partial charge in [-0.3, -0.25) is 4.79 Å². The van der Waals surface area contributed by atoms with Gasteiger partial charge in [0.05, 0.1) is 0 Å². The number of carbonyl (C=O) groups is 1. The molecule has 0 N–H and O–H groups in total. The van der Waals surface area contributed by atoms with Gasteiger partial charge in [0.25, 0.3) is 0 Å². The van der Waals surface area contributed by atoms with E-state index in [2.05, 4.69) is 4.57 Å². The fourth-order valence-corrected chi connectivity index (χ4v) is 2.52. The average molecular weight is 289 g/mol. The van der Waals surface area contributed by atoms with Crippen molar-refractivity contribution in [3.8, 4) is 5.75 Å². The lowest BCUT2D eigenvalue weighted by Gasteiger charge is -2.08. The van der Waals surface area contributed by atoms with Crippen LogP contribution in [0.2, 0.25) is 0 Å². The van der Waals surface area contributed by atoms with Gasteiger partial charge in [-0.05, 0) is 45.4 Å². The quantitative estimate of drug-likeness (QED) is 0.783. The largest absolute Gasteiger partial charge is 0.482 e. The number of hydrogen-bond donors (Lipinski definition) is 0. The SMILES string of the molecule is CCn1c(C)cc(C(=O)COc2cccc(C)c2F)c1C. The van der Waals surface area contributed by atoms with Gasteiger partial charge in [0, 0.05) is 23.5 Å². The van der Waals surface area contributed by atoms with Gasteiger partial charge in [0.15, 0.2) is 18.2 Å². The molecular formula is C17H20FNO2. The molecule has 1 aromatic heterocycles. The Morgan fingerprint density at radius 3 is 2.62 bits per heavy atom. The molecule has 1 aromatic carbocycles. The molecule has 0 saturated heterocycles. The summed E-state index contributed by atoms with van der Waals surface area (Å²) < 4.78 is 21.2. The summed E-state index contributed by atoms with van der Waals surface area (Å²) in [6.07, 6.45) is 0. The number of aryl methyl sites for hydroxylation is 2. The summed E-state index contributed by atoms with van der Waals surface area (Å²) in [5, 5.41) is 0. The van der Waals surface area contributed by atoms with Crippen LogP contribution in [-0.2, 0) is 6.54 Å². The molecule has 2 rings (SSSR count). The van der Waals surface area contributed by atoms with Crippen LogP contribution >= 0.6 is 0 Å². The maximum absolute atomic E-state index is 13.8. The number of rotatable bonds is 5. The van der Waals surface area contributed by atoms with Crippen LogP contribution in [0, 0.1) is 26.6 Å². The van der Waals surface area contributed by atoms with Gasteiger partial charge in [-0.1, -0.05) is 12.1 Å². The van der Waals surface area contributed by atoms with Crippen molar-refractivity contribution >= 4 is 5.78 Å². The van der Waals surface area contributed by atoms with Crippen LogP contribution in [0.15, 0.2) is 24.3 Å². The van der Waals surface area contributed by atoms with Gasteiger partial charge in [-0.2, -0.15) is 0 Å². The number of ether oxygens (including phenoxy) is 1. The zero-order valence-corrected chi connectivity index (χ0v) is 12.9. The van der Waals surface area contributed by atoms with E-state index in [-0.39, 0.29) is 18.1 Å². The third kappa shape index (κ3) is 2.99. The van der Waals surface area contributed by atoms with Crippen LogP contribution in [0.5, 0.6) is 5.75 Å². The van der Waals surface area contributed by atoms with Crippen molar-refractivity contribution in [1.29, 1.82) is 0 Å². The predicted octanol–water partition coefficient (Wildman–Crippen LogP) is 3.83. The number of nitrogens with zero attached hydrogens (tertiary/aromatic N) is 1. The van der Waals surface area contributed by atoms with E-state index in [1.165, 1.54) is 6.07 Å². The molecule has 0 spiro atoms. The molecule has 3 nitrogen and oxygen atoms in total. The van der Waals surface area contributed by atoms with E-state index in [0.29, 0.717) is 11.1 Å². The van der Waals surface area contributed by atoms with Crippen molar-refractivity contribution in [3.63, 3.8) is 0 Å². The van der Waals surface area contributed by atoms with Gasteiger partial charge >= 0.3 is 0 Å². The molecule has 0 aliphatic carbocycles. The lowest BCUT2D eigenvalue weighted by Crippen LogP contribution is -2.13. The van der Waals surface area contributed by atoms with Gasteiger partial charge in [0.2, 0.25) is 5.78 Å². The number of halogens is 1. The monoisotopic (exact) mass is 289 g/mol. The lowest BCUT2D eigenvalue weighted by atomic mass is 10.1. The lowest BCUT2D eigenvalue weighted by molar-refractivity contribution is 0.0918. The Morgan fingerprint density at radius 2 is 2.00 bits per heavy atom. The van der Waals surface area contributed by atoms with Crippen LogP contribution in [-0.4, -0.2) is 17.0 Å². The van der Waals surface area contributed by atoms with Crippen molar-refractivity contribution in [2.45, 2.75) is 34.2 Å². The number of hydrogen-bond acceptors (Lipinski definition) is 2. The first-order chi connectivity index (χ1) is 9.95. The van der Waals surface area contributed by atoms with E-state index in [9.17, 15) is 9.18 Å². The number of carbonyl (C=O) groups excluding carboxylic acids is 1. The van der Waals surface area contributed by atoms with Crippen LogP contribution in [0.25, 0.3) is 0 Å². The maximum Gasteiger partial charge on any atom is 0.202 e. The molecule has 0 atom stereocenters. The molecule has 2 aromatic rings. The first-order valence-corrected chi connectivity index (χ1v) is 7.03. The Kier molecular flexibility index (Phi) is 4.46. The van der Waals surface area contributed by atoms with E-state index < -0.39 is 5.82 Å². The van der Waals surface area contributed by atoms with Crippen molar-refractivity contribution in [2.75, 3.05) is 6.61 Å². The fraction of sp³-hybridized carbons (Fsp3) is 0.353. The normalized spacial score (nSPS) is 10.7. The highest BCUT2D eigenvalue weighted by Crippen LogP contribution is 2.21. The van der Waals surface area contributed by atoms with Gasteiger partial charge in [0.1, 0.15) is 0 Å². The van der Waals surface area contributed by atoms with Crippen molar-refractivity contribution in [2.24, 2.45) is 0 Å². The Bertz CT molecular complexity index is 674. The highest BCUT2D eigenvalue weighted by Gasteiger charge is 2.16. The number of ketones is 1. The molecule has 0 fully saturated rings. The van der Waals surface area contributed by atoms with E-state index in [1.54, 1.807) is 19.1 Å². The smallest absolute Gasteiger partial charge is 0.202 e. The molecule has 0 radical (unpaired) electrons. The fourth-order valence-electron chi connectivity index (χ4n) is 2.52. The molecule has 0 aliphatic heterocycles. The summed E-state index contributed by atoms with van der Waals surface area (Å²) in [6.45, 7) is 8.24. The molecule has 0 bridgehead atoms. The van der Waals surface area contributed by atoms with Crippen molar-refractivity contribution in [3.05, 3.63) is 52.6 Å². The Hall–Kier alpha value is -2.10. The van der Waals surface area contributed by atoms with Crippen LogP contribution < -0.4 is 4.74 Å². The molecule has 1 heterocycles. The van der Waals surface area contributed by atoms with Gasteiger partial charge < -0.3 is 9.30 Å². The number of Topliss-reactive ketones (excluding diaryl/α,β-unsaturated/α-hetero) is 1. The minimum absolute atomic E-state index is 0.118. The Morgan fingerprint density at radius 1 is 1.29 bits per heavy atom. The minimum atomic E-state index is -0.413. The third-order valence-electron chi connectivity index (χ3n) is 3.71. The van der Waals surface area contributed by atoms with E-state index >= 15 is 0 Å². The van der Waals surface area contributed by atoms with Crippen LogP contribution in [0.3, 0.4) is 0 Å². The van der Waals surface area contributed by atoms with Gasteiger partial charge in [-0.15, -0.1) is 0 Å². The summed E-state index contributed by atoms with van der Waals surface area (Å²) in [5.41, 5.74) is 3.11. The molecular weight excluding hydrogens is 269 g/mol. The second-order valence-corrected chi connectivity index (χ2v) is 5.13. The molecule has 0 saturated carbocycles. The van der Waals surface area contributed by atoms with E-state index in [4.69, 9.17) is 4.74 Å². The number of aromatic nitrogens is 1.